The van der Waals surface area contributed by atoms with E-state index in [1.807, 2.05) is 34.5 Å². The lowest BCUT2D eigenvalue weighted by Gasteiger charge is -2.06. The highest BCUT2D eigenvalue weighted by atomic mass is 32.2. The quantitative estimate of drug-likeness (QED) is 0.593. The van der Waals surface area contributed by atoms with Gasteiger partial charge in [-0.15, -0.1) is 0 Å². The van der Waals surface area contributed by atoms with Gasteiger partial charge in [-0.25, -0.2) is 0 Å². The van der Waals surface area contributed by atoms with E-state index < -0.39 is 0 Å². The monoisotopic (exact) mass is 308 g/mol. The Hall–Kier alpha value is -1.14. The molecule has 0 atom stereocenters. The van der Waals surface area contributed by atoms with Gasteiger partial charge in [0, 0.05) is 12.7 Å². The molecule has 2 aromatic heterocycles. The van der Waals surface area contributed by atoms with Crippen LogP contribution in [0.25, 0.3) is 11.5 Å². The van der Waals surface area contributed by atoms with Gasteiger partial charge in [0.25, 0.3) is 0 Å². The molecular formula is C14H20N4S2. The third-order valence-electron chi connectivity index (χ3n) is 3.13. The second kappa shape index (κ2) is 8.21. The number of aromatic nitrogens is 4. The summed E-state index contributed by atoms with van der Waals surface area (Å²) < 4.78 is 2.72. The van der Waals surface area contributed by atoms with Gasteiger partial charge in [-0.05, 0) is 49.2 Å². The molecule has 0 radical (unpaired) electrons. The first-order valence-corrected chi connectivity index (χ1v) is 8.68. The number of rotatable bonds is 8. The van der Waals surface area contributed by atoms with Crippen LogP contribution in [0.2, 0.25) is 0 Å². The predicted molar refractivity (Wildman–Crippen MR) is 87.5 cm³/mol. The summed E-state index contributed by atoms with van der Waals surface area (Å²) in [5, 5.41) is 7.16. The summed E-state index contributed by atoms with van der Waals surface area (Å²) in [5.41, 5.74) is 0.863. The zero-order valence-corrected chi connectivity index (χ0v) is 13.3. The molecule has 2 heterocycles. The third kappa shape index (κ3) is 4.18. The van der Waals surface area contributed by atoms with Gasteiger partial charge in [0.2, 0.25) is 0 Å². The fourth-order valence-corrected chi connectivity index (χ4v) is 2.80. The van der Waals surface area contributed by atoms with E-state index in [0.717, 1.165) is 24.5 Å². The van der Waals surface area contributed by atoms with Gasteiger partial charge in [0.05, 0.1) is 0 Å². The molecule has 20 heavy (non-hydrogen) atoms. The average molecular weight is 308 g/mol. The summed E-state index contributed by atoms with van der Waals surface area (Å²) in [6.07, 6.45) is 8.87. The lowest BCUT2D eigenvalue weighted by molar-refractivity contribution is 0.581. The lowest BCUT2D eigenvalue weighted by Crippen LogP contribution is -2.02. The van der Waals surface area contributed by atoms with E-state index in [4.69, 9.17) is 12.2 Å². The number of hydrogen-bond donors (Lipinski definition) is 1. The van der Waals surface area contributed by atoms with Gasteiger partial charge >= 0.3 is 0 Å². The van der Waals surface area contributed by atoms with Crippen molar-refractivity contribution in [1.82, 2.24) is 19.7 Å². The highest BCUT2D eigenvalue weighted by molar-refractivity contribution is 7.98. The fraction of sp³-hybridized carbons (Fsp3) is 0.500. The number of hydrogen-bond acceptors (Lipinski definition) is 4. The summed E-state index contributed by atoms with van der Waals surface area (Å²) in [7, 11) is 0. The minimum absolute atomic E-state index is 0.676. The Morgan fingerprint density at radius 1 is 1.25 bits per heavy atom. The van der Waals surface area contributed by atoms with E-state index in [-0.39, 0.29) is 0 Å². The van der Waals surface area contributed by atoms with Crippen LogP contribution in [0.3, 0.4) is 0 Å². The first-order valence-electron chi connectivity index (χ1n) is 6.88. The molecule has 0 aliphatic rings. The molecule has 0 saturated heterocycles. The molecule has 6 heteroatoms. The molecule has 2 aromatic rings. The van der Waals surface area contributed by atoms with Crippen molar-refractivity contribution in [2.24, 2.45) is 0 Å². The molecule has 0 fully saturated rings. The number of nitrogens with one attached hydrogen (secondary N) is 1. The summed E-state index contributed by atoms with van der Waals surface area (Å²) in [5.74, 6) is 2.09. The number of nitrogens with zero attached hydrogens (tertiary/aromatic N) is 3. The second-order valence-corrected chi connectivity index (χ2v) is 6.00. The Bertz CT molecular complexity index is 562. The number of pyridine rings is 1. The molecule has 0 aliphatic heterocycles. The van der Waals surface area contributed by atoms with Crippen molar-refractivity contribution in [2.75, 3.05) is 12.0 Å². The van der Waals surface area contributed by atoms with E-state index in [2.05, 4.69) is 21.4 Å². The Kier molecular flexibility index (Phi) is 6.26. The van der Waals surface area contributed by atoms with Crippen molar-refractivity contribution in [1.29, 1.82) is 0 Å². The van der Waals surface area contributed by atoms with E-state index in [1.165, 1.54) is 25.0 Å². The largest absolute Gasteiger partial charge is 0.299 e. The van der Waals surface area contributed by atoms with E-state index in [0.29, 0.717) is 4.77 Å². The highest BCUT2D eigenvalue weighted by Gasteiger charge is 2.08. The molecule has 0 aliphatic carbocycles. The van der Waals surface area contributed by atoms with Crippen molar-refractivity contribution < 1.29 is 0 Å². The molecule has 0 unspecified atom stereocenters. The van der Waals surface area contributed by atoms with Gasteiger partial charge in [-0.1, -0.05) is 18.9 Å². The number of unbranched alkanes of at least 4 members (excludes halogenated alkanes) is 3. The van der Waals surface area contributed by atoms with E-state index >= 15 is 0 Å². The molecular weight excluding hydrogens is 288 g/mol. The topological polar surface area (TPSA) is 46.5 Å². The van der Waals surface area contributed by atoms with Gasteiger partial charge in [-0.2, -0.15) is 16.9 Å². The molecule has 0 bridgehead atoms. The Balaban J connectivity index is 1.95. The van der Waals surface area contributed by atoms with Crippen molar-refractivity contribution in [3.05, 3.63) is 29.2 Å². The zero-order valence-electron chi connectivity index (χ0n) is 11.7. The van der Waals surface area contributed by atoms with Crippen LogP contribution < -0.4 is 0 Å². The number of H-pyrrole nitrogens is 1. The van der Waals surface area contributed by atoms with Crippen molar-refractivity contribution in [3.63, 3.8) is 0 Å². The van der Waals surface area contributed by atoms with Crippen LogP contribution in [-0.2, 0) is 6.54 Å². The molecule has 4 nitrogen and oxygen atoms in total. The molecule has 0 amide bonds. The normalized spacial score (nSPS) is 10.8. The van der Waals surface area contributed by atoms with Crippen LogP contribution >= 0.6 is 24.0 Å². The van der Waals surface area contributed by atoms with Crippen molar-refractivity contribution in [3.8, 4) is 11.5 Å². The Labute approximate surface area is 129 Å². The van der Waals surface area contributed by atoms with Crippen molar-refractivity contribution >= 4 is 24.0 Å². The summed E-state index contributed by atoms with van der Waals surface area (Å²) in [4.78, 5) is 4.34. The van der Waals surface area contributed by atoms with Crippen LogP contribution in [0.15, 0.2) is 24.4 Å². The van der Waals surface area contributed by atoms with Crippen LogP contribution in [0.1, 0.15) is 25.7 Å². The summed E-state index contributed by atoms with van der Waals surface area (Å²) in [6.45, 7) is 0.903. The van der Waals surface area contributed by atoms with E-state index in [9.17, 15) is 0 Å². The van der Waals surface area contributed by atoms with Crippen LogP contribution in [0.5, 0.6) is 0 Å². The number of thioether (sulfide) groups is 1. The lowest BCUT2D eigenvalue weighted by atomic mass is 10.2. The molecule has 108 valence electrons. The van der Waals surface area contributed by atoms with Gasteiger partial charge < -0.3 is 0 Å². The maximum Gasteiger partial charge on any atom is 0.195 e. The standard InChI is InChI=1S/C14H20N4S2/c1-20-11-7-3-2-6-10-18-13(16-17-14(18)19)12-8-4-5-9-15-12/h4-5,8-9H,2-3,6-7,10-11H2,1H3,(H,17,19). The van der Waals surface area contributed by atoms with Gasteiger partial charge in [0.15, 0.2) is 10.6 Å². The minimum Gasteiger partial charge on any atom is -0.299 e. The first-order chi connectivity index (χ1) is 9.83. The van der Waals surface area contributed by atoms with Crippen molar-refractivity contribution in [2.45, 2.75) is 32.2 Å². The van der Waals surface area contributed by atoms with Crippen LogP contribution in [0, 0.1) is 4.77 Å². The molecule has 2 rings (SSSR count). The third-order valence-corrected chi connectivity index (χ3v) is 4.14. The van der Waals surface area contributed by atoms with E-state index in [1.54, 1.807) is 6.20 Å². The number of aromatic amines is 1. The summed E-state index contributed by atoms with van der Waals surface area (Å²) >= 11 is 7.22. The maximum atomic E-state index is 5.31. The maximum absolute atomic E-state index is 5.31. The highest BCUT2D eigenvalue weighted by Crippen LogP contribution is 2.15. The smallest absolute Gasteiger partial charge is 0.195 e. The molecule has 0 aromatic carbocycles. The molecule has 0 spiro atoms. The molecule has 1 N–H and O–H groups in total. The van der Waals surface area contributed by atoms with Gasteiger partial charge in [-0.3, -0.25) is 14.6 Å². The van der Waals surface area contributed by atoms with Crippen LogP contribution in [-0.4, -0.2) is 31.8 Å². The van der Waals surface area contributed by atoms with Crippen LogP contribution in [0.4, 0.5) is 0 Å². The SMILES string of the molecule is CSCCCCCCn1c(-c2ccccn2)n[nH]c1=S. The molecule has 0 saturated carbocycles. The van der Waals surface area contributed by atoms with Gasteiger partial charge in [0.1, 0.15) is 5.69 Å². The minimum atomic E-state index is 0.676. The predicted octanol–water partition coefficient (Wildman–Crippen LogP) is 3.93. The summed E-state index contributed by atoms with van der Waals surface area (Å²) in [6, 6.07) is 5.83. The first kappa shape index (κ1) is 15.3. The Morgan fingerprint density at radius 3 is 2.85 bits per heavy atom. The second-order valence-electron chi connectivity index (χ2n) is 4.63. The Morgan fingerprint density at radius 2 is 2.10 bits per heavy atom. The fourth-order valence-electron chi connectivity index (χ4n) is 2.09. The zero-order chi connectivity index (χ0) is 14.2. The average Bonchev–Trinajstić information content (AvgIpc) is 2.85.